The van der Waals surface area contributed by atoms with Gasteiger partial charge in [0.25, 0.3) is 0 Å². The van der Waals surface area contributed by atoms with Gasteiger partial charge in [0.15, 0.2) is 0 Å². The van der Waals surface area contributed by atoms with Crippen LogP contribution in [-0.4, -0.2) is 6.29 Å². The van der Waals surface area contributed by atoms with Crippen molar-refractivity contribution in [2.24, 2.45) is 17.8 Å². The predicted molar refractivity (Wildman–Crippen MR) is 94.5 cm³/mol. The number of allylic oxidation sites excluding steroid dienone is 2. The highest BCUT2D eigenvalue weighted by molar-refractivity contribution is 5.65. The first-order valence-corrected chi connectivity index (χ1v) is 9.06. The molecule has 0 spiro atoms. The zero-order chi connectivity index (χ0) is 16.1. The third-order valence-electron chi connectivity index (χ3n) is 4.49. The van der Waals surface area contributed by atoms with Gasteiger partial charge in [-0.15, -0.1) is 0 Å². The van der Waals surface area contributed by atoms with Crippen molar-refractivity contribution in [1.29, 1.82) is 0 Å². The van der Waals surface area contributed by atoms with Gasteiger partial charge in [0.05, 0.1) is 0 Å². The molecule has 0 radical (unpaired) electrons. The molecule has 2 atom stereocenters. The van der Waals surface area contributed by atoms with Crippen LogP contribution in [0.2, 0.25) is 0 Å². The van der Waals surface area contributed by atoms with Crippen LogP contribution < -0.4 is 0 Å². The summed E-state index contributed by atoms with van der Waals surface area (Å²) in [5.74, 6) is 2.58. The molecule has 0 saturated heterocycles. The molecule has 1 nitrogen and oxygen atoms in total. The van der Waals surface area contributed by atoms with Crippen molar-refractivity contribution in [3.63, 3.8) is 0 Å². The fourth-order valence-corrected chi connectivity index (χ4v) is 2.91. The van der Waals surface area contributed by atoms with E-state index in [0.717, 1.165) is 30.5 Å². The van der Waals surface area contributed by atoms with Gasteiger partial charge in [-0.05, 0) is 43.6 Å². The quantitative estimate of drug-likeness (QED) is 0.277. The fourth-order valence-electron chi connectivity index (χ4n) is 2.91. The Bertz CT molecular complexity index is 278. The van der Waals surface area contributed by atoms with Gasteiger partial charge in [0.1, 0.15) is 6.29 Å². The summed E-state index contributed by atoms with van der Waals surface area (Å²) in [5, 5.41) is 0. The normalized spacial score (nSPS) is 15.2. The lowest BCUT2D eigenvalue weighted by molar-refractivity contribution is -0.104. The third-order valence-corrected chi connectivity index (χ3v) is 4.49. The monoisotopic (exact) mass is 294 g/mol. The molecule has 0 aliphatic carbocycles. The summed E-state index contributed by atoms with van der Waals surface area (Å²) in [7, 11) is 0. The molecule has 0 saturated carbocycles. The van der Waals surface area contributed by atoms with Crippen LogP contribution >= 0.6 is 0 Å². The highest BCUT2D eigenvalue weighted by Crippen LogP contribution is 2.21. The van der Waals surface area contributed by atoms with Crippen LogP contribution in [0.4, 0.5) is 0 Å². The van der Waals surface area contributed by atoms with Crippen molar-refractivity contribution in [1.82, 2.24) is 0 Å². The molecular formula is C20H38O. The Balaban J connectivity index is 3.54. The minimum absolute atomic E-state index is 0.830. The largest absolute Gasteiger partial charge is 0.299 e. The summed E-state index contributed by atoms with van der Waals surface area (Å²) in [6.45, 7) is 11.5. The van der Waals surface area contributed by atoms with Gasteiger partial charge in [0, 0.05) is 0 Å². The Morgan fingerprint density at radius 3 is 1.76 bits per heavy atom. The van der Waals surface area contributed by atoms with E-state index in [1.807, 2.05) is 0 Å². The lowest BCUT2D eigenvalue weighted by atomic mass is 9.91. The highest BCUT2D eigenvalue weighted by Gasteiger charge is 2.06. The molecule has 0 fully saturated rings. The van der Waals surface area contributed by atoms with Crippen molar-refractivity contribution < 1.29 is 4.79 Å². The third kappa shape index (κ3) is 14.1. The summed E-state index contributed by atoms with van der Waals surface area (Å²) in [6.07, 6.45) is 14.5. The maximum absolute atomic E-state index is 10.4. The van der Waals surface area contributed by atoms with Crippen LogP contribution in [0, 0.1) is 17.8 Å². The second kappa shape index (κ2) is 13.1. The summed E-state index contributed by atoms with van der Waals surface area (Å²) in [4.78, 5) is 10.4. The number of hydrogen-bond donors (Lipinski definition) is 0. The molecular weight excluding hydrogens is 256 g/mol. The highest BCUT2D eigenvalue weighted by atomic mass is 16.1. The Labute approximate surface area is 133 Å². The fraction of sp³-hybridized carbons (Fsp3) is 0.850. The number of carbonyl (C=O) groups excluding carboxylic acids is 1. The van der Waals surface area contributed by atoms with Crippen LogP contribution in [0.25, 0.3) is 0 Å². The minimum atomic E-state index is 0.830. The van der Waals surface area contributed by atoms with Crippen LogP contribution in [0.5, 0.6) is 0 Å². The zero-order valence-corrected chi connectivity index (χ0v) is 15.2. The molecule has 0 aliphatic heterocycles. The molecule has 0 heterocycles. The van der Waals surface area contributed by atoms with Crippen LogP contribution in [0.3, 0.4) is 0 Å². The van der Waals surface area contributed by atoms with Crippen molar-refractivity contribution >= 4 is 6.29 Å². The van der Waals surface area contributed by atoms with Gasteiger partial charge in [-0.25, -0.2) is 0 Å². The van der Waals surface area contributed by atoms with E-state index in [4.69, 9.17) is 0 Å². The van der Waals surface area contributed by atoms with Gasteiger partial charge in [-0.1, -0.05) is 78.2 Å². The molecule has 0 aromatic rings. The lowest BCUT2D eigenvalue weighted by Gasteiger charge is -2.15. The first-order valence-electron chi connectivity index (χ1n) is 9.06. The number of hydrogen-bond acceptors (Lipinski definition) is 1. The Kier molecular flexibility index (Phi) is 12.7. The SMILES string of the molecule is C/C(=C/C=O)CCC[C@H](C)CCC[C@H](C)CCCC(C)C. The van der Waals surface area contributed by atoms with Gasteiger partial charge < -0.3 is 0 Å². The Morgan fingerprint density at radius 2 is 1.29 bits per heavy atom. The molecule has 0 bridgehead atoms. The van der Waals surface area contributed by atoms with Crippen molar-refractivity contribution in [3.8, 4) is 0 Å². The molecule has 0 aromatic heterocycles. The topological polar surface area (TPSA) is 17.1 Å². The second-order valence-electron chi connectivity index (χ2n) is 7.51. The minimum Gasteiger partial charge on any atom is -0.299 e. The van der Waals surface area contributed by atoms with E-state index in [-0.39, 0.29) is 0 Å². The number of aldehydes is 1. The Morgan fingerprint density at radius 1 is 0.810 bits per heavy atom. The maximum Gasteiger partial charge on any atom is 0.142 e. The molecule has 0 aromatic carbocycles. The van der Waals surface area contributed by atoms with Crippen LogP contribution in [0.15, 0.2) is 11.6 Å². The van der Waals surface area contributed by atoms with E-state index < -0.39 is 0 Å². The van der Waals surface area contributed by atoms with Crippen molar-refractivity contribution in [2.75, 3.05) is 0 Å². The van der Waals surface area contributed by atoms with E-state index in [2.05, 4.69) is 34.6 Å². The second-order valence-corrected chi connectivity index (χ2v) is 7.51. The van der Waals surface area contributed by atoms with E-state index in [1.165, 1.54) is 56.9 Å². The molecule has 0 rings (SSSR count). The summed E-state index contributed by atoms with van der Waals surface area (Å²) < 4.78 is 0. The van der Waals surface area contributed by atoms with Crippen molar-refractivity contribution in [3.05, 3.63) is 11.6 Å². The van der Waals surface area contributed by atoms with Crippen molar-refractivity contribution in [2.45, 2.75) is 92.4 Å². The average Bonchev–Trinajstić information content (AvgIpc) is 2.38. The van der Waals surface area contributed by atoms with Crippen LogP contribution in [0.1, 0.15) is 92.4 Å². The molecule has 0 aliphatic rings. The molecule has 124 valence electrons. The standard InChI is InChI=1S/C20H38O/c1-17(2)9-6-10-18(3)11-7-12-19(4)13-8-14-20(5)15-16-21/h15-19H,6-14H2,1-5H3/b20-15-/t18-,19-/m1/s1. The number of carbonyl (C=O) groups is 1. The molecule has 1 heteroatoms. The zero-order valence-electron chi connectivity index (χ0n) is 15.2. The molecule has 0 unspecified atom stereocenters. The van der Waals surface area contributed by atoms with Gasteiger partial charge in [-0.2, -0.15) is 0 Å². The number of rotatable bonds is 13. The van der Waals surface area contributed by atoms with Gasteiger partial charge in [0.2, 0.25) is 0 Å². The lowest BCUT2D eigenvalue weighted by Crippen LogP contribution is -2.00. The van der Waals surface area contributed by atoms with Gasteiger partial charge >= 0.3 is 0 Å². The first-order chi connectivity index (χ1) is 9.95. The summed E-state index contributed by atoms with van der Waals surface area (Å²) in [5.41, 5.74) is 1.22. The average molecular weight is 295 g/mol. The van der Waals surface area contributed by atoms with E-state index >= 15 is 0 Å². The van der Waals surface area contributed by atoms with E-state index in [9.17, 15) is 4.79 Å². The van der Waals surface area contributed by atoms with E-state index in [1.54, 1.807) is 6.08 Å². The predicted octanol–water partition coefficient (Wildman–Crippen LogP) is 6.57. The molecule has 0 N–H and O–H groups in total. The molecule has 21 heavy (non-hydrogen) atoms. The van der Waals surface area contributed by atoms with Gasteiger partial charge in [-0.3, -0.25) is 4.79 Å². The Hall–Kier alpha value is -0.590. The molecule has 0 amide bonds. The summed E-state index contributed by atoms with van der Waals surface area (Å²) >= 11 is 0. The maximum atomic E-state index is 10.4. The van der Waals surface area contributed by atoms with Crippen LogP contribution in [-0.2, 0) is 4.79 Å². The van der Waals surface area contributed by atoms with E-state index in [0.29, 0.717) is 0 Å². The first kappa shape index (κ1) is 20.4. The summed E-state index contributed by atoms with van der Waals surface area (Å²) in [6, 6.07) is 0. The smallest absolute Gasteiger partial charge is 0.142 e.